The van der Waals surface area contributed by atoms with Crippen molar-refractivity contribution in [1.29, 1.82) is 0 Å². The van der Waals surface area contributed by atoms with Crippen LogP contribution in [0.15, 0.2) is 0 Å². The Labute approximate surface area is 230 Å². The van der Waals surface area contributed by atoms with Crippen LogP contribution in [0.4, 0.5) is 0 Å². The van der Waals surface area contributed by atoms with Gasteiger partial charge in [-0.1, -0.05) is 6.42 Å². The van der Waals surface area contributed by atoms with Crippen LogP contribution in [0.2, 0.25) is 0 Å². The molecule has 40 heavy (non-hydrogen) atoms. The van der Waals surface area contributed by atoms with Gasteiger partial charge < -0.3 is 43.0 Å². The smallest absolute Gasteiger partial charge is 0.417 e. The van der Waals surface area contributed by atoms with E-state index in [4.69, 9.17) is 38.3 Å². The van der Waals surface area contributed by atoms with Crippen molar-refractivity contribution in [2.45, 2.75) is 75.8 Å². The summed E-state index contributed by atoms with van der Waals surface area (Å²) in [4.78, 5) is 69.9. The Morgan fingerprint density at radius 3 is 1.35 bits per heavy atom. The van der Waals surface area contributed by atoms with Crippen LogP contribution in [0.25, 0.3) is 0 Å². The molecule has 1 N–H and O–H groups in total. The van der Waals surface area contributed by atoms with Gasteiger partial charge in [-0.15, -0.1) is 0 Å². The summed E-state index contributed by atoms with van der Waals surface area (Å²) < 4.78 is 39.9. The van der Waals surface area contributed by atoms with E-state index in [1.807, 2.05) is 0 Å². The third-order valence-electron chi connectivity index (χ3n) is 5.96. The fourth-order valence-electron chi connectivity index (χ4n) is 3.88. The molecule has 2 fully saturated rings. The van der Waals surface area contributed by atoms with E-state index in [1.165, 1.54) is 0 Å². The van der Waals surface area contributed by atoms with Crippen LogP contribution in [0, 0.1) is 0 Å². The maximum Gasteiger partial charge on any atom is 0.417 e. The minimum absolute atomic E-state index is 0.0341. The highest BCUT2D eigenvalue weighted by Crippen LogP contribution is 2.30. The Bertz CT molecular complexity index is 872. The molecule has 0 aliphatic carbocycles. The van der Waals surface area contributed by atoms with Gasteiger partial charge in [0.05, 0.1) is 40.1 Å². The number of rotatable bonds is 15. The number of carbonyl (C=O) groups excluding carboxylic acids is 6. The van der Waals surface area contributed by atoms with Crippen molar-refractivity contribution in [1.82, 2.24) is 0 Å². The highest BCUT2D eigenvalue weighted by molar-refractivity contribution is 6.30. The van der Waals surface area contributed by atoms with Gasteiger partial charge in [0, 0.05) is 6.61 Å². The zero-order chi connectivity index (χ0) is 29.3. The lowest BCUT2D eigenvalue weighted by atomic mass is 10.1. The van der Waals surface area contributed by atoms with Gasteiger partial charge in [-0.2, -0.15) is 0 Å². The molecule has 0 radical (unpaired) electrons. The highest BCUT2D eigenvalue weighted by Gasteiger charge is 2.52. The molecule has 2 unspecified atom stereocenters. The first-order chi connectivity index (χ1) is 19.3. The first-order valence-electron chi connectivity index (χ1n) is 13.1. The van der Waals surface area contributed by atoms with Crippen LogP contribution < -0.4 is 0 Å². The molecule has 0 saturated carbocycles. The van der Waals surface area contributed by atoms with Gasteiger partial charge in [0.1, 0.15) is 12.2 Å². The third kappa shape index (κ3) is 11.1. The van der Waals surface area contributed by atoms with Gasteiger partial charge in [-0.25, -0.2) is 28.8 Å². The summed E-state index contributed by atoms with van der Waals surface area (Å²) in [6, 6.07) is 0. The molecule has 0 aromatic heterocycles. The summed E-state index contributed by atoms with van der Waals surface area (Å²) in [6.45, 7) is 0.0403. The largest absolute Gasteiger partial charge is 0.461 e. The first kappa shape index (κ1) is 32.9. The SMILES string of the molecule is COC(=O)C(=O)O[C@@H]1COC2C1OC[C@@H]2OC(=O)C(=O)OCCCCCCOC(=O)C(=O)OCCCCCCO. The molecule has 0 aromatic carbocycles. The monoisotopic (exact) mass is 576 g/mol. The average Bonchev–Trinajstić information content (AvgIpc) is 3.53. The number of esters is 6. The average molecular weight is 577 g/mol. The van der Waals surface area contributed by atoms with Crippen molar-refractivity contribution in [2.24, 2.45) is 0 Å². The van der Waals surface area contributed by atoms with Gasteiger partial charge in [0.2, 0.25) is 0 Å². The number of carbonyl (C=O) groups is 6. The predicted octanol–water partition coefficient (Wildman–Crippen LogP) is -0.477. The number of fused-ring (bicyclic) bond motifs is 1. The molecular formula is C25H36O15. The van der Waals surface area contributed by atoms with Crippen LogP contribution in [-0.2, 0) is 66.7 Å². The first-order valence-corrected chi connectivity index (χ1v) is 13.1. The fraction of sp³-hybridized carbons (Fsp3) is 0.760. The Hall–Kier alpha value is -3.30. The lowest BCUT2D eigenvalue weighted by Gasteiger charge is -2.16. The summed E-state index contributed by atoms with van der Waals surface area (Å²) in [7, 11) is 1.03. The van der Waals surface area contributed by atoms with E-state index in [0.29, 0.717) is 38.5 Å². The standard InChI is InChI=1S/C25H36O15/c1-33-20(27)24(31)39-16-14-37-19-17(15-38-18(16)19)40-25(32)23(30)36-13-9-5-4-8-12-35-22(29)21(28)34-11-7-3-2-6-10-26/h16-19,26H,2-15H2,1H3/t16-,17+,18?,19?/m1/s1. The highest BCUT2D eigenvalue weighted by atomic mass is 16.7. The van der Waals surface area contributed by atoms with Crippen molar-refractivity contribution in [3.05, 3.63) is 0 Å². The summed E-state index contributed by atoms with van der Waals surface area (Å²) in [5.74, 6) is -6.88. The van der Waals surface area contributed by atoms with E-state index < -0.39 is 60.2 Å². The molecule has 0 aromatic rings. The molecule has 226 valence electrons. The number of aliphatic hydroxyl groups excluding tert-OH is 1. The minimum Gasteiger partial charge on any atom is -0.461 e. The number of hydrogen-bond donors (Lipinski definition) is 1. The van der Waals surface area contributed by atoms with Gasteiger partial charge in [-0.05, 0) is 44.9 Å². The van der Waals surface area contributed by atoms with Crippen LogP contribution in [0.5, 0.6) is 0 Å². The molecule has 2 aliphatic rings. The molecule has 2 heterocycles. The topological polar surface area (TPSA) is 196 Å². The Balaban J connectivity index is 1.50. The Morgan fingerprint density at radius 1 is 0.575 bits per heavy atom. The van der Waals surface area contributed by atoms with E-state index in [2.05, 4.69) is 4.74 Å². The second-order valence-corrected chi connectivity index (χ2v) is 8.93. The molecule has 0 bridgehead atoms. The fourth-order valence-corrected chi connectivity index (χ4v) is 3.88. The maximum absolute atomic E-state index is 12.1. The molecular weight excluding hydrogens is 540 g/mol. The molecule has 2 aliphatic heterocycles. The second-order valence-electron chi connectivity index (χ2n) is 8.93. The predicted molar refractivity (Wildman–Crippen MR) is 128 cm³/mol. The maximum atomic E-state index is 12.1. The number of aliphatic hydroxyl groups is 1. The van der Waals surface area contributed by atoms with Gasteiger partial charge in [0.15, 0.2) is 12.2 Å². The molecule has 4 atom stereocenters. The van der Waals surface area contributed by atoms with Crippen molar-refractivity contribution in [3.8, 4) is 0 Å². The Kier molecular flexibility index (Phi) is 14.9. The van der Waals surface area contributed by atoms with Crippen LogP contribution in [-0.4, -0.2) is 112 Å². The van der Waals surface area contributed by atoms with E-state index in [0.717, 1.165) is 20.0 Å². The quantitative estimate of drug-likeness (QED) is 0.113. The molecule has 15 heteroatoms. The van der Waals surface area contributed by atoms with Crippen molar-refractivity contribution >= 4 is 35.8 Å². The number of hydrogen-bond acceptors (Lipinski definition) is 15. The second kappa shape index (κ2) is 18.1. The number of methoxy groups -OCH3 is 1. The van der Waals surface area contributed by atoms with Gasteiger partial charge in [0.25, 0.3) is 0 Å². The zero-order valence-electron chi connectivity index (χ0n) is 22.4. The lowest BCUT2D eigenvalue weighted by Crippen LogP contribution is -2.38. The van der Waals surface area contributed by atoms with E-state index >= 15 is 0 Å². The van der Waals surface area contributed by atoms with E-state index in [1.54, 1.807) is 0 Å². The number of ether oxygens (including phenoxy) is 8. The summed E-state index contributed by atoms with van der Waals surface area (Å²) >= 11 is 0. The van der Waals surface area contributed by atoms with Crippen LogP contribution >= 0.6 is 0 Å². The van der Waals surface area contributed by atoms with Crippen molar-refractivity contribution in [2.75, 3.05) is 46.8 Å². The van der Waals surface area contributed by atoms with E-state index in [9.17, 15) is 28.8 Å². The molecule has 0 spiro atoms. The summed E-state index contributed by atoms with van der Waals surface area (Å²) in [6.07, 6.45) is 1.65. The van der Waals surface area contributed by atoms with Crippen LogP contribution in [0.3, 0.4) is 0 Å². The van der Waals surface area contributed by atoms with Gasteiger partial charge in [-0.3, -0.25) is 0 Å². The molecule has 15 nitrogen and oxygen atoms in total. The zero-order valence-corrected chi connectivity index (χ0v) is 22.4. The molecule has 0 amide bonds. The van der Waals surface area contributed by atoms with E-state index in [-0.39, 0.29) is 39.6 Å². The van der Waals surface area contributed by atoms with Crippen molar-refractivity contribution < 1.29 is 71.8 Å². The number of unbranched alkanes of at least 4 members (excludes halogenated alkanes) is 6. The third-order valence-corrected chi connectivity index (χ3v) is 5.96. The molecule has 2 saturated heterocycles. The summed E-state index contributed by atoms with van der Waals surface area (Å²) in [5, 5.41) is 8.69. The van der Waals surface area contributed by atoms with Gasteiger partial charge >= 0.3 is 35.8 Å². The normalized spacial score (nSPS) is 21.1. The lowest BCUT2D eigenvalue weighted by molar-refractivity contribution is -0.174. The van der Waals surface area contributed by atoms with Crippen molar-refractivity contribution in [3.63, 3.8) is 0 Å². The summed E-state index contributed by atoms with van der Waals surface area (Å²) in [5.41, 5.74) is 0. The van der Waals surface area contributed by atoms with Crippen LogP contribution in [0.1, 0.15) is 51.4 Å². The minimum atomic E-state index is -1.23. The Morgan fingerprint density at radius 2 is 0.950 bits per heavy atom. The molecule has 2 rings (SSSR count).